The van der Waals surface area contributed by atoms with Gasteiger partial charge in [-0.2, -0.15) is 0 Å². The minimum absolute atomic E-state index is 0.0410. The van der Waals surface area contributed by atoms with Gasteiger partial charge in [-0.15, -0.1) is 0 Å². The SMILES string of the molecule is CCCCC(=O)NC(=S)NNC(=O)c1ccc(NC(=O)CCCC)cc1. The van der Waals surface area contributed by atoms with E-state index in [1.807, 2.05) is 13.8 Å². The van der Waals surface area contributed by atoms with Crippen molar-refractivity contribution in [2.24, 2.45) is 0 Å². The van der Waals surface area contributed by atoms with E-state index in [0.29, 0.717) is 24.1 Å². The molecule has 8 heteroatoms. The van der Waals surface area contributed by atoms with Crippen LogP contribution in [0.1, 0.15) is 62.7 Å². The molecular weight excluding hydrogens is 352 g/mol. The van der Waals surface area contributed by atoms with Crippen molar-refractivity contribution in [1.82, 2.24) is 16.2 Å². The summed E-state index contributed by atoms with van der Waals surface area (Å²) in [7, 11) is 0. The molecule has 4 N–H and O–H groups in total. The van der Waals surface area contributed by atoms with E-state index in [2.05, 4.69) is 21.5 Å². The van der Waals surface area contributed by atoms with Gasteiger partial charge in [-0.05, 0) is 49.3 Å². The van der Waals surface area contributed by atoms with E-state index in [1.54, 1.807) is 24.3 Å². The molecule has 1 rings (SSSR count). The maximum Gasteiger partial charge on any atom is 0.269 e. The van der Waals surface area contributed by atoms with Gasteiger partial charge in [-0.25, -0.2) is 0 Å². The number of rotatable bonds is 8. The van der Waals surface area contributed by atoms with Crippen LogP contribution in [-0.2, 0) is 9.59 Å². The van der Waals surface area contributed by atoms with Crippen LogP contribution < -0.4 is 21.5 Å². The minimum atomic E-state index is -0.404. The highest BCUT2D eigenvalue weighted by molar-refractivity contribution is 7.80. The van der Waals surface area contributed by atoms with Gasteiger partial charge in [0.1, 0.15) is 0 Å². The fourth-order valence-electron chi connectivity index (χ4n) is 2.01. The summed E-state index contributed by atoms with van der Waals surface area (Å²) in [5.74, 6) is -0.643. The Morgan fingerprint density at radius 1 is 0.885 bits per heavy atom. The Bertz CT molecular complexity index is 632. The third-order valence-corrected chi connectivity index (χ3v) is 3.69. The summed E-state index contributed by atoms with van der Waals surface area (Å²) in [6.07, 6.45) is 4.36. The standard InChI is InChI=1S/C18H26N4O3S/c1-3-5-7-15(23)19-14-11-9-13(10-12-14)17(25)21-22-18(26)20-16(24)8-6-4-2/h9-12H,3-8H2,1-2H3,(H,19,23)(H,21,25)(H2,20,22,24,26). The molecule has 0 saturated carbocycles. The van der Waals surface area contributed by atoms with Crippen LogP contribution in [0.15, 0.2) is 24.3 Å². The summed E-state index contributed by atoms with van der Waals surface area (Å²) < 4.78 is 0. The zero-order chi connectivity index (χ0) is 19.4. The zero-order valence-corrected chi connectivity index (χ0v) is 16.0. The summed E-state index contributed by atoms with van der Waals surface area (Å²) in [6.45, 7) is 4.02. The second-order valence-electron chi connectivity index (χ2n) is 5.79. The van der Waals surface area contributed by atoms with E-state index in [1.165, 1.54) is 0 Å². The molecule has 26 heavy (non-hydrogen) atoms. The predicted molar refractivity (Wildman–Crippen MR) is 105 cm³/mol. The number of carbonyl (C=O) groups excluding carboxylic acids is 3. The van der Waals surface area contributed by atoms with Gasteiger partial charge >= 0.3 is 0 Å². The monoisotopic (exact) mass is 378 g/mol. The summed E-state index contributed by atoms with van der Waals surface area (Å²) in [5.41, 5.74) is 5.93. The number of thiocarbonyl (C=S) groups is 1. The molecule has 0 aliphatic carbocycles. The van der Waals surface area contributed by atoms with Gasteiger partial charge in [0.15, 0.2) is 5.11 Å². The van der Waals surface area contributed by atoms with E-state index >= 15 is 0 Å². The van der Waals surface area contributed by atoms with Crippen molar-refractivity contribution in [3.63, 3.8) is 0 Å². The zero-order valence-electron chi connectivity index (χ0n) is 15.2. The summed E-state index contributed by atoms with van der Waals surface area (Å²) in [6, 6.07) is 6.50. The number of hydrogen-bond donors (Lipinski definition) is 4. The molecule has 1 aromatic carbocycles. The first-order valence-electron chi connectivity index (χ1n) is 8.76. The van der Waals surface area contributed by atoms with Gasteiger partial charge in [-0.3, -0.25) is 25.2 Å². The molecule has 0 atom stereocenters. The number of unbranched alkanes of at least 4 members (excludes halogenated alkanes) is 2. The Hall–Kier alpha value is -2.48. The maximum absolute atomic E-state index is 12.0. The lowest BCUT2D eigenvalue weighted by Crippen LogP contribution is -2.48. The number of amides is 3. The van der Waals surface area contributed by atoms with E-state index in [9.17, 15) is 14.4 Å². The van der Waals surface area contributed by atoms with E-state index in [0.717, 1.165) is 25.7 Å². The van der Waals surface area contributed by atoms with Crippen LogP contribution in [0.4, 0.5) is 5.69 Å². The van der Waals surface area contributed by atoms with E-state index in [-0.39, 0.29) is 16.9 Å². The first-order valence-corrected chi connectivity index (χ1v) is 9.17. The Kier molecular flexibility index (Phi) is 9.93. The summed E-state index contributed by atoms with van der Waals surface area (Å²) >= 11 is 4.95. The molecule has 0 fully saturated rings. The molecule has 0 aliphatic heterocycles. The number of hydrazine groups is 1. The van der Waals surface area contributed by atoms with Crippen LogP contribution in [0.25, 0.3) is 0 Å². The molecule has 0 spiro atoms. The van der Waals surface area contributed by atoms with E-state index < -0.39 is 5.91 Å². The molecule has 3 amide bonds. The lowest BCUT2D eigenvalue weighted by Gasteiger charge is -2.11. The van der Waals surface area contributed by atoms with Crippen LogP contribution in [0.5, 0.6) is 0 Å². The Morgan fingerprint density at radius 3 is 2.04 bits per heavy atom. The molecule has 0 radical (unpaired) electrons. The van der Waals surface area contributed by atoms with Crippen LogP contribution in [0.3, 0.4) is 0 Å². The molecule has 1 aromatic rings. The molecule has 0 bridgehead atoms. The highest BCUT2D eigenvalue weighted by Gasteiger charge is 2.08. The molecule has 0 heterocycles. The number of nitrogens with one attached hydrogen (secondary N) is 4. The molecule has 0 aliphatic rings. The first-order chi connectivity index (χ1) is 12.5. The smallest absolute Gasteiger partial charge is 0.269 e. The molecule has 0 aromatic heterocycles. The normalized spacial score (nSPS) is 9.92. The topological polar surface area (TPSA) is 99.3 Å². The largest absolute Gasteiger partial charge is 0.326 e. The minimum Gasteiger partial charge on any atom is -0.326 e. The van der Waals surface area contributed by atoms with Gasteiger partial charge in [0.2, 0.25) is 11.8 Å². The Balaban J connectivity index is 2.42. The summed E-state index contributed by atoms with van der Waals surface area (Å²) in [4.78, 5) is 35.3. The van der Waals surface area contributed by atoms with Crippen LogP contribution in [-0.4, -0.2) is 22.8 Å². The highest BCUT2D eigenvalue weighted by atomic mass is 32.1. The van der Waals surface area contributed by atoms with Gasteiger partial charge in [0, 0.05) is 24.1 Å². The number of carbonyl (C=O) groups is 3. The predicted octanol–water partition coefficient (Wildman–Crippen LogP) is 2.64. The molecule has 142 valence electrons. The number of hydrogen-bond acceptors (Lipinski definition) is 4. The number of anilines is 1. The van der Waals surface area contributed by atoms with Crippen LogP contribution in [0, 0.1) is 0 Å². The first kappa shape index (κ1) is 21.6. The molecular formula is C18H26N4O3S. The average Bonchev–Trinajstić information content (AvgIpc) is 2.63. The van der Waals surface area contributed by atoms with Crippen molar-refractivity contribution in [3.05, 3.63) is 29.8 Å². The highest BCUT2D eigenvalue weighted by Crippen LogP contribution is 2.10. The lowest BCUT2D eigenvalue weighted by molar-refractivity contribution is -0.120. The average molecular weight is 378 g/mol. The van der Waals surface area contributed by atoms with Crippen molar-refractivity contribution >= 4 is 40.7 Å². The third kappa shape index (κ3) is 8.57. The van der Waals surface area contributed by atoms with Crippen molar-refractivity contribution in [1.29, 1.82) is 0 Å². The quantitative estimate of drug-likeness (QED) is 0.412. The van der Waals surface area contributed by atoms with Gasteiger partial charge in [0.25, 0.3) is 5.91 Å². The van der Waals surface area contributed by atoms with Crippen molar-refractivity contribution in [3.8, 4) is 0 Å². The second kappa shape index (κ2) is 12.0. The Labute approximate surface area is 159 Å². The van der Waals surface area contributed by atoms with Gasteiger partial charge < -0.3 is 10.6 Å². The molecule has 0 saturated heterocycles. The van der Waals surface area contributed by atoms with Crippen molar-refractivity contribution in [2.75, 3.05) is 5.32 Å². The fraction of sp³-hybridized carbons (Fsp3) is 0.444. The van der Waals surface area contributed by atoms with Crippen LogP contribution in [0.2, 0.25) is 0 Å². The number of benzene rings is 1. The second-order valence-corrected chi connectivity index (χ2v) is 6.20. The van der Waals surface area contributed by atoms with Gasteiger partial charge in [0.05, 0.1) is 0 Å². The molecule has 7 nitrogen and oxygen atoms in total. The van der Waals surface area contributed by atoms with Crippen molar-refractivity contribution < 1.29 is 14.4 Å². The van der Waals surface area contributed by atoms with Crippen molar-refractivity contribution in [2.45, 2.75) is 52.4 Å². The lowest BCUT2D eigenvalue weighted by atomic mass is 10.2. The summed E-state index contributed by atoms with van der Waals surface area (Å²) in [5, 5.41) is 5.31. The fourth-order valence-corrected chi connectivity index (χ4v) is 2.17. The third-order valence-electron chi connectivity index (χ3n) is 3.49. The maximum atomic E-state index is 12.0. The van der Waals surface area contributed by atoms with Gasteiger partial charge in [-0.1, -0.05) is 26.7 Å². The Morgan fingerprint density at radius 2 is 1.46 bits per heavy atom. The molecule has 0 unspecified atom stereocenters. The van der Waals surface area contributed by atoms with E-state index in [4.69, 9.17) is 12.2 Å². The van der Waals surface area contributed by atoms with Crippen LogP contribution >= 0.6 is 12.2 Å².